The molecule has 0 bridgehead atoms. The van der Waals surface area contributed by atoms with Crippen LogP contribution in [0.4, 0.5) is 0 Å². The van der Waals surface area contributed by atoms with Gasteiger partial charge in [-0.05, 0) is 25.0 Å². The number of carbonyl (C=O) groups excluding carboxylic acids is 1. The Kier molecular flexibility index (Phi) is 3.78. The minimum Gasteiger partial charge on any atom is -0.371 e. The van der Waals surface area contributed by atoms with Crippen LogP contribution in [0.25, 0.3) is 5.65 Å². The molecule has 1 fully saturated rings. The summed E-state index contributed by atoms with van der Waals surface area (Å²) in [5.41, 5.74) is 2.27. The van der Waals surface area contributed by atoms with Gasteiger partial charge in [0.05, 0.1) is 18.4 Å². The molecule has 0 aliphatic carbocycles. The average molecular weight is 325 g/mol. The van der Waals surface area contributed by atoms with E-state index in [-0.39, 0.29) is 18.1 Å². The van der Waals surface area contributed by atoms with E-state index < -0.39 is 0 Å². The average Bonchev–Trinajstić information content (AvgIpc) is 3.21. The standard InChI is InChI=1S/C17H19N5O2/c1-21-11-12(9-19-21)16-13(5-4-8-24-16)20-17(23)14-10-18-15-6-2-3-7-22(14)15/h2-3,6-7,9-11,13,16H,4-5,8H2,1H3,(H,20,23)/t13-,16+/m0/s1. The molecule has 4 rings (SSSR count). The van der Waals surface area contributed by atoms with Crippen LogP contribution >= 0.6 is 0 Å². The lowest BCUT2D eigenvalue weighted by Crippen LogP contribution is -2.43. The third-order valence-electron chi connectivity index (χ3n) is 4.34. The second kappa shape index (κ2) is 6.09. The van der Waals surface area contributed by atoms with E-state index in [1.807, 2.05) is 37.6 Å². The van der Waals surface area contributed by atoms with Crippen LogP contribution in [0, 0.1) is 0 Å². The molecule has 0 spiro atoms. The molecule has 3 aromatic heterocycles. The second-order valence-corrected chi connectivity index (χ2v) is 6.03. The SMILES string of the molecule is Cn1cc([C@H]2OCCC[C@@H]2NC(=O)c2cnc3ccccn23)cn1. The van der Waals surface area contributed by atoms with Gasteiger partial charge >= 0.3 is 0 Å². The van der Waals surface area contributed by atoms with Gasteiger partial charge in [-0.25, -0.2) is 4.98 Å². The predicted octanol–water partition coefficient (Wildman–Crippen LogP) is 1.72. The van der Waals surface area contributed by atoms with E-state index in [9.17, 15) is 4.79 Å². The van der Waals surface area contributed by atoms with E-state index in [1.54, 1.807) is 21.5 Å². The molecule has 1 N–H and O–H groups in total. The van der Waals surface area contributed by atoms with Crippen molar-refractivity contribution in [1.29, 1.82) is 0 Å². The fraction of sp³-hybridized carbons (Fsp3) is 0.353. The number of fused-ring (bicyclic) bond motifs is 1. The van der Waals surface area contributed by atoms with E-state index in [4.69, 9.17) is 4.74 Å². The highest BCUT2D eigenvalue weighted by Gasteiger charge is 2.30. The predicted molar refractivity (Wildman–Crippen MR) is 87.6 cm³/mol. The van der Waals surface area contributed by atoms with E-state index in [1.165, 1.54) is 0 Å². The Labute approximate surface area is 139 Å². The largest absolute Gasteiger partial charge is 0.371 e. The summed E-state index contributed by atoms with van der Waals surface area (Å²) in [6, 6.07) is 5.58. The molecule has 2 atom stereocenters. The summed E-state index contributed by atoms with van der Waals surface area (Å²) < 4.78 is 9.44. The number of carbonyl (C=O) groups is 1. The van der Waals surface area contributed by atoms with Crippen LogP contribution in [-0.2, 0) is 11.8 Å². The Hall–Kier alpha value is -2.67. The van der Waals surface area contributed by atoms with Crippen LogP contribution < -0.4 is 5.32 Å². The zero-order chi connectivity index (χ0) is 16.5. The van der Waals surface area contributed by atoms with Crippen LogP contribution in [0.1, 0.15) is 35.0 Å². The highest BCUT2D eigenvalue weighted by Crippen LogP contribution is 2.28. The van der Waals surface area contributed by atoms with Crippen molar-refractivity contribution in [3.8, 4) is 0 Å². The normalized spacial score (nSPS) is 21.0. The molecule has 0 unspecified atom stereocenters. The molecule has 7 heteroatoms. The number of amides is 1. The second-order valence-electron chi connectivity index (χ2n) is 6.03. The molecular weight excluding hydrogens is 306 g/mol. The van der Waals surface area contributed by atoms with Gasteiger partial charge in [-0.15, -0.1) is 0 Å². The lowest BCUT2D eigenvalue weighted by molar-refractivity contribution is -0.00956. The highest BCUT2D eigenvalue weighted by molar-refractivity contribution is 5.93. The van der Waals surface area contributed by atoms with Crippen LogP contribution in [0.5, 0.6) is 0 Å². The molecule has 24 heavy (non-hydrogen) atoms. The maximum absolute atomic E-state index is 12.7. The number of pyridine rings is 1. The van der Waals surface area contributed by atoms with E-state index in [0.29, 0.717) is 12.3 Å². The quantitative estimate of drug-likeness (QED) is 0.796. The van der Waals surface area contributed by atoms with Gasteiger partial charge < -0.3 is 10.1 Å². The van der Waals surface area contributed by atoms with Crippen molar-refractivity contribution >= 4 is 11.6 Å². The number of hydrogen-bond donors (Lipinski definition) is 1. The Bertz CT molecular complexity index is 869. The number of imidazole rings is 1. The van der Waals surface area contributed by atoms with Crippen molar-refractivity contribution in [3.05, 3.63) is 54.2 Å². The van der Waals surface area contributed by atoms with Gasteiger partial charge in [0, 0.05) is 31.6 Å². The van der Waals surface area contributed by atoms with Crippen LogP contribution in [0.3, 0.4) is 0 Å². The zero-order valence-electron chi connectivity index (χ0n) is 13.4. The number of rotatable bonds is 3. The molecule has 1 amide bonds. The monoisotopic (exact) mass is 325 g/mol. The Morgan fingerprint density at radius 1 is 1.38 bits per heavy atom. The first kappa shape index (κ1) is 14.9. The van der Waals surface area contributed by atoms with Crippen molar-refractivity contribution in [3.63, 3.8) is 0 Å². The maximum Gasteiger partial charge on any atom is 0.270 e. The van der Waals surface area contributed by atoms with Gasteiger partial charge in [-0.3, -0.25) is 13.9 Å². The highest BCUT2D eigenvalue weighted by atomic mass is 16.5. The third kappa shape index (κ3) is 2.67. The summed E-state index contributed by atoms with van der Waals surface area (Å²) in [5.74, 6) is -0.141. The van der Waals surface area contributed by atoms with E-state index in [0.717, 1.165) is 24.1 Å². The van der Waals surface area contributed by atoms with Gasteiger partial charge in [0.2, 0.25) is 0 Å². The number of nitrogens with zero attached hydrogens (tertiary/aromatic N) is 4. The zero-order valence-corrected chi connectivity index (χ0v) is 13.4. The summed E-state index contributed by atoms with van der Waals surface area (Å²) in [5, 5.41) is 7.32. The van der Waals surface area contributed by atoms with Crippen molar-refractivity contribution in [1.82, 2.24) is 24.5 Å². The smallest absolute Gasteiger partial charge is 0.270 e. The lowest BCUT2D eigenvalue weighted by atomic mass is 9.98. The van der Waals surface area contributed by atoms with Crippen LogP contribution in [0.2, 0.25) is 0 Å². The van der Waals surface area contributed by atoms with Crippen molar-refractivity contribution in [2.75, 3.05) is 6.61 Å². The van der Waals surface area contributed by atoms with Crippen molar-refractivity contribution in [2.45, 2.75) is 25.0 Å². The number of hydrogen-bond acceptors (Lipinski definition) is 4. The summed E-state index contributed by atoms with van der Waals surface area (Å²) in [6.45, 7) is 0.696. The Morgan fingerprint density at radius 2 is 2.29 bits per heavy atom. The fourth-order valence-electron chi connectivity index (χ4n) is 3.19. The van der Waals surface area contributed by atoms with Gasteiger partial charge in [-0.1, -0.05) is 6.07 Å². The van der Waals surface area contributed by atoms with Crippen molar-refractivity contribution < 1.29 is 9.53 Å². The molecule has 0 saturated carbocycles. The summed E-state index contributed by atoms with van der Waals surface area (Å²) >= 11 is 0. The first-order valence-corrected chi connectivity index (χ1v) is 8.05. The number of aryl methyl sites for hydroxylation is 1. The fourth-order valence-corrected chi connectivity index (χ4v) is 3.19. The number of aromatic nitrogens is 4. The Morgan fingerprint density at radius 3 is 3.12 bits per heavy atom. The van der Waals surface area contributed by atoms with Gasteiger partial charge in [0.25, 0.3) is 5.91 Å². The molecule has 0 aromatic carbocycles. The van der Waals surface area contributed by atoms with Gasteiger partial charge in [0.15, 0.2) is 0 Å². The summed E-state index contributed by atoms with van der Waals surface area (Å²) in [4.78, 5) is 17.0. The molecule has 3 aromatic rings. The molecule has 1 aliphatic heterocycles. The topological polar surface area (TPSA) is 73.5 Å². The summed E-state index contributed by atoms with van der Waals surface area (Å²) in [7, 11) is 1.87. The van der Waals surface area contributed by atoms with Gasteiger partial charge in [0.1, 0.15) is 17.4 Å². The minimum absolute atomic E-state index is 0.0790. The summed E-state index contributed by atoms with van der Waals surface area (Å²) in [6.07, 6.45) is 8.81. The minimum atomic E-state index is -0.171. The molecule has 0 radical (unpaired) electrons. The molecule has 7 nitrogen and oxygen atoms in total. The molecule has 1 aliphatic rings. The van der Waals surface area contributed by atoms with Crippen molar-refractivity contribution in [2.24, 2.45) is 7.05 Å². The number of ether oxygens (including phenoxy) is 1. The van der Waals surface area contributed by atoms with E-state index >= 15 is 0 Å². The first-order valence-electron chi connectivity index (χ1n) is 8.05. The molecule has 124 valence electrons. The molecule has 1 saturated heterocycles. The molecule has 4 heterocycles. The lowest BCUT2D eigenvalue weighted by Gasteiger charge is -2.31. The van der Waals surface area contributed by atoms with E-state index in [2.05, 4.69) is 15.4 Å². The number of nitrogens with one attached hydrogen (secondary N) is 1. The first-order chi connectivity index (χ1) is 11.7. The van der Waals surface area contributed by atoms with Crippen LogP contribution in [-0.4, -0.2) is 37.7 Å². The van der Waals surface area contributed by atoms with Crippen LogP contribution in [0.15, 0.2) is 43.0 Å². The third-order valence-corrected chi connectivity index (χ3v) is 4.34. The molecular formula is C17H19N5O2. The van der Waals surface area contributed by atoms with Gasteiger partial charge in [-0.2, -0.15) is 5.10 Å². The Balaban J connectivity index is 1.57. The maximum atomic E-state index is 12.7.